The molecule has 88 valence electrons. The lowest BCUT2D eigenvalue weighted by atomic mass is 10.2. The van der Waals surface area contributed by atoms with Crippen LogP contribution in [0.25, 0.3) is 5.52 Å². The average molecular weight is 234 g/mol. The molecule has 0 aromatic carbocycles. The molecule has 17 heavy (non-hydrogen) atoms. The topological polar surface area (TPSA) is 91.9 Å². The highest BCUT2D eigenvalue weighted by Gasteiger charge is 2.17. The largest absolute Gasteiger partial charge is 0.481 e. The zero-order valence-electron chi connectivity index (χ0n) is 9.04. The van der Waals surface area contributed by atoms with E-state index in [1.807, 2.05) is 6.92 Å². The van der Waals surface area contributed by atoms with Crippen LogP contribution in [-0.2, 0) is 11.2 Å². The summed E-state index contributed by atoms with van der Waals surface area (Å²) in [5.74, 6) is -2.00. The highest BCUT2D eigenvalue weighted by atomic mass is 16.4. The molecule has 2 rings (SSSR count). The standard InChI is InChI=1S/C11H10N2O4/c1-6-2-3-13-7(4-6)10(11(16)17)12-8(13)5-9(14)15/h2-4H,5H2,1H3,(H,14,15)(H,16,17). The third kappa shape index (κ3) is 1.96. The molecule has 0 unspecified atom stereocenters. The quantitative estimate of drug-likeness (QED) is 0.825. The van der Waals surface area contributed by atoms with Crippen molar-refractivity contribution in [2.24, 2.45) is 0 Å². The van der Waals surface area contributed by atoms with Gasteiger partial charge in [-0.2, -0.15) is 0 Å². The van der Waals surface area contributed by atoms with E-state index in [9.17, 15) is 9.59 Å². The van der Waals surface area contributed by atoms with Crippen LogP contribution in [-0.4, -0.2) is 31.5 Å². The number of carboxylic acid groups (broad SMARTS) is 2. The molecule has 6 nitrogen and oxygen atoms in total. The third-order valence-corrected chi connectivity index (χ3v) is 2.38. The highest BCUT2D eigenvalue weighted by Crippen LogP contribution is 2.15. The van der Waals surface area contributed by atoms with Crippen LogP contribution in [0.4, 0.5) is 0 Å². The van der Waals surface area contributed by atoms with Gasteiger partial charge >= 0.3 is 11.9 Å². The van der Waals surface area contributed by atoms with Crippen LogP contribution in [0.2, 0.25) is 0 Å². The molecule has 0 spiro atoms. The summed E-state index contributed by atoms with van der Waals surface area (Å²) in [6.45, 7) is 1.83. The van der Waals surface area contributed by atoms with Crippen molar-refractivity contribution < 1.29 is 19.8 Å². The smallest absolute Gasteiger partial charge is 0.356 e. The number of aliphatic carboxylic acids is 1. The van der Waals surface area contributed by atoms with Gasteiger partial charge in [0.2, 0.25) is 0 Å². The summed E-state index contributed by atoms with van der Waals surface area (Å²) >= 11 is 0. The fraction of sp³-hybridized carbons (Fsp3) is 0.182. The van der Waals surface area contributed by atoms with Gasteiger partial charge in [-0.1, -0.05) is 0 Å². The number of aromatic carboxylic acids is 1. The molecule has 2 N–H and O–H groups in total. The highest BCUT2D eigenvalue weighted by molar-refractivity contribution is 5.94. The van der Waals surface area contributed by atoms with Crippen molar-refractivity contribution in [1.82, 2.24) is 9.38 Å². The molecular formula is C11H10N2O4. The van der Waals surface area contributed by atoms with Crippen molar-refractivity contribution in [1.29, 1.82) is 0 Å². The van der Waals surface area contributed by atoms with E-state index in [1.54, 1.807) is 18.3 Å². The summed E-state index contributed by atoms with van der Waals surface area (Å²) < 4.78 is 1.49. The molecule has 0 fully saturated rings. The van der Waals surface area contributed by atoms with E-state index in [-0.39, 0.29) is 17.9 Å². The molecule has 0 aliphatic rings. The lowest BCUT2D eigenvalue weighted by molar-refractivity contribution is -0.136. The van der Waals surface area contributed by atoms with E-state index in [2.05, 4.69) is 4.98 Å². The predicted octanol–water partition coefficient (Wildman–Crippen LogP) is 0.968. The van der Waals surface area contributed by atoms with Crippen LogP contribution in [0.15, 0.2) is 18.3 Å². The van der Waals surface area contributed by atoms with Gasteiger partial charge in [0, 0.05) is 6.20 Å². The molecule has 0 radical (unpaired) electrons. The van der Waals surface area contributed by atoms with E-state index >= 15 is 0 Å². The number of aromatic nitrogens is 2. The molecule has 0 aliphatic carbocycles. The van der Waals surface area contributed by atoms with Gasteiger partial charge in [0.15, 0.2) is 5.69 Å². The monoisotopic (exact) mass is 234 g/mol. The molecular weight excluding hydrogens is 224 g/mol. The van der Waals surface area contributed by atoms with Gasteiger partial charge in [0.1, 0.15) is 12.2 Å². The maximum absolute atomic E-state index is 11.0. The van der Waals surface area contributed by atoms with Crippen molar-refractivity contribution in [3.8, 4) is 0 Å². The SMILES string of the molecule is Cc1ccn2c(CC(=O)O)nc(C(=O)O)c2c1. The first-order chi connectivity index (χ1) is 7.99. The summed E-state index contributed by atoms with van der Waals surface area (Å²) in [6.07, 6.45) is 1.32. The van der Waals surface area contributed by atoms with Crippen molar-refractivity contribution in [2.75, 3.05) is 0 Å². The normalized spacial score (nSPS) is 10.6. The minimum absolute atomic E-state index is 0.120. The Balaban J connectivity index is 2.70. The Morgan fingerprint density at radius 2 is 2.12 bits per heavy atom. The Morgan fingerprint density at radius 3 is 2.71 bits per heavy atom. The third-order valence-electron chi connectivity index (χ3n) is 2.38. The van der Waals surface area contributed by atoms with Gasteiger partial charge in [-0.3, -0.25) is 4.79 Å². The van der Waals surface area contributed by atoms with Gasteiger partial charge in [0.25, 0.3) is 0 Å². The first-order valence-corrected chi connectivity index (χ1v) is 4.91. The Morgan fingerprint density at radius 1 is 1.41 bits per heavy atom. The van der Waals surface area contributed by atoms with Gasteiger partial charge in [-0.05, 0) is 24.6 Å². The molecule has 0 aliphatic heterocycles. The Kier molecular flexibility index (Phi) is 2.55. The minimum Gasteiger partial charge on any atom is -0.481 e. The molecule has 0 amide bonds. The summed E-state index contributed by atoms with van der Waals surface area (Å²) in [5, 5.41) is 17.7. The maximum atomic E-state index is 11.0. The van der Waals surface area contributed by atoms with Crippen LogP contribution >= 0.6 is 0 Å². The number of hydrogen-bond donors (Lipinski definition) is 2. The number of rotatable bonds is 3. The predicted molar refractivity (Wildman–Crippen MR) is 58.2 cm³/mol. The molecule has 0 bridgehead atoms. The molecule has 6 heteroatoms. The number of imidazole rings is 1. The zero-order chi connectivity index (χ0) is 12.6. The molecule has 2 heterocycles. The van der Waals surface area contributed by atoms with E-state index in [0.717, 1.165) is 5.56 Å². The number of nitrogens with zero attached hydrogens (tertiary/aromatic N) is 2. The van der Waals surface area contributed by atoms with E-state index in [1.165, 1.54) is 4.40 Å². The van der Waals surface area contributed by atoms with Gasteiger partial charge in [-0.15, -0.1) is 0 Å². The Hall–Kier alpha value is -2.37. The molecule has 0 saturated heterocycles. The second-order valence-corrected chi connectivity index (χ2v) is 3.71. The van der Waals surface area contributed by atoms with Crippen molar-refractivity contribution in [2.45, 2.75) is 13.3 Å². The van der Waals surface area contributed by atoms with Crippen LogP contribution in [0.5, 0.6) is 0 Å². The molecule has 2 aromatic heterocycles. The van der Waals surface area contributed by atoms with Crippen LogP contribution in [0.1, 0.15) is 21.9 Å². The zero-order valence-corrected chi connectivity index (χ0v) is 9.04. The number of fused-ring (bicyclic) bond motifs is 1. The van der Waals surface area contributed by atoms with Crippen LogP contribution in [0.3, 0.4) is 0 Å². The Labute approximate surface area is 96.1 Å². The number of hydrogen-bond acceptors (Lipinski definition) is 3. The molecule has 2 aromatic rings. The van der Waals surface area contributed by atoms with Crippen LogP contribution < -0.4 is 0 Å². The second kappa shape index (κ2) is 3.89. The number of pyridine rings is 1. The number of aryl methyl sites for hydroxylation is 1. The maximum Gasteiger partial charge on any atom is 0.356 e. The number of carbonyl (C=O) groups is 2. The second-order valence-electron chi connectivity index (χ2n) is 3.71. The van der Waals surface area contributed by atoms with E-state index in [4.69, 9.17) is 10.2 Å². The average Bonchev–Trinajstić information content (AvgIpc) is 2.55. The van der Waals surface area contributed by atoms with Gasteiger partial charge in [-0.25, -0.2) is 9.78 Å². The lowest BCUT2D eigenvalue weighted by Gasteiger charge is -1.99. The summed E-state index contributed by atoms with van der Waals surface area (Å²) in [5.41, 5.74) is 1.18. The van der Waals surface area contributed by atoms with Gasteiger partial charge < -0.3 is 14.6 Å². The fourth-order valence-corrected chi connectivity index (χ4v) is 1.67. The van der Waals surface area contributed by atoms with Crippen molar-refractivity contribution in [3.63, 3.8) is 0 Å². The lowest BCUT2D eigenvalue weighted by Crippen LogP contribution is -2.04. The summed E-state index contributed by atoms with van der Waals surface area (Å²) in [4.78, 5) is 25.5. The van der Waals surface area contributed by atoms with Crippen LogP contribution in [0, 0.1) is 6.92 Å². The Bertz CT molecular complexity index is 615. The molecule has 0 saturated carbocycles. The van der Waals surface area contributed by atoms with Gasteiger partial charge in [0.05, 0.1) is 5.52 Å². The summed E-state index contributed by atoms with van der Waals surface area (Å²) in [7, 11) is 0. The minimum atomic E-state index is -1.16. The van der Waals surface area contributed by atoms with E-state index < -0.39 is 11.9 Å². The molecule has 0 atom stereocenters. The number of carboxylic acids is 2. The summed E-state index contributed by atoms with van der Waals surface area (Å²) in [6, 6.07) is 3.44. The van der Waals surface area contributed by atoms with E-state index in [0.29, 0.717) is 5.52 Å². The fourth-order valence-electron chi connectivity index (χ4n) is 1.67. The van der Waals surface area contributed by atoms with Crippen molar-refractivity contribution >= 4 is 17.5 Å². The van der Waals surface area contributed by atoms with Crippen molar-refractivity contribution in [3.05, 3.63) is 35.4 Å². The first kappa shape index (κ1) is 11.1. The first-order valence-electron chi connectivity index (χ1n) is 4.91.